The molecule has 0 unspecified atom stereocenters. The minimum atomic E-state index is -0.736. The van der Waals surface area contributed by atoms with Crippen LogP contribution in [0.25, 0.3) is 10.4 Å². The fourth-order valence-electron chi connectivity index (χ4n) is 3.60. The zero-order valence-corrected chi connectivity index (χ0v) is 16.6. The molecule has 0 atom stereocenters. The van der Waals surface area contributed by atoms with E-state index in [0.717, 1.165) is 49.6 Å². The molecular formula is C20H25ClN2O2S. The van der Waals surface area contributed by atoms with Gasteiger partial charge in [0, 0.05) is 46.0 Å². The van der Waals surface area contributed by atoms with Crippen LogP contribution in [0.2, 0.25) is 5.02 Å². The van der Waals surface area contributed by atoms with Crippen LogP contribution in [0.5, 0.6) is 0 Å². The van der Waals surface area contributed by atoms with Crippen LogP contribution in [0.3, 0.4) is 0 Å². The lowest BCUT2D eigenvalue weighted by Crippen LogP contribution is -2.46. The molecular weight excluding hydrogens is 368 g/mol. The lowest BCUT2D eigenvalue weighted by atomic mass is 10.0. The van der Waals surface area contributed by atoms with Gasteiger partial charge in [-0.1, -0.05) is 36.7 Å². The van der Waals surface area contributed by atoms with E-state index in [1.165, 1.54) is 9.75 Å². The number of hydrogen-bond acceptors (Lipinski definition) is 4. The summed E-state index contributed by atoms with van der Waals surface area (Å²) >= 11 is 8.10. The topological polar surface area (TPSA) is 43.8 Å². The summed E-state index contributed by atoms with van der Waals surface area (Å²) in [6.07, 6.45) is 2.06. The Morgan fingerprint density at radius 3 is 2.65 bits per heavy atom. The third kappa shape index (κ3) is 4.86. The Morgan fingerprint density at radius 1 is 1.27 bits per heavy atom. The molecule has 1 aliphatic heterocycles. The van der Waals surface area contributed by atoms with Gasteiger partial charge in [0.1, 0.15) is 0 Å². The predicted octanol–water partition coefficient (Wildman–Crippen LogP) is 4.44. The van der Waals surface area contributed by atoms with Crippen LogP contribution in [0.4, 0.5) is 0 Å². The third-order valence-corrected chi connectivity index (χ3v) is 6.43. The highest BCUT2D eigenvalue weighted by Crippen LogP contribution is 2.34. The van der Waals surface area contributed by atoms with Gasteiger partial charge >= 0.3 is 5.97 Å². The number of carboxylic acid groups (broad SMARTS) is 1. The molecule has 0 spiro atoms. The molecule has 1 N–H and O–H groups in total. The number of aliphatic carboxylic acids is 1. The largest absolute Gasteiger partial charge is 0.480 e. The van der Waals surface area contributed by atoms with Crippen LogP contribution in [0.1, 0.15) is 24.6 Å². The summed E-state index contributed by atoms with van der Waals surface area (Å²) in [6, 6.07) is 12.7. The quantitative estimate of drug-likeness (QED) is 0.756. The number of carbonyl (C=O) groups is 1. The van der Waals surface area contributed by atoms with E-state index < -0.39 is 5.97 Å². The Kier molecular flexibility index (Phi) is 6.70. The maximum atomic E-state index is 11.0. The van der Waals surface area contributed by atoms with E-state index >= 15 is 0 Å². The molecule has 1 aromatic heterocycles. The van der Waals surface area contributed by atoms with Gasteiger partial charge in [0.15, 0.2) is 0 Å². The van der Waals surface area contributed by atoms with Crippen molar-refractivity contribution in [2.45, 2.75) is 32.4 Å². The molecule has 2 heterocycles. The van der Waals surface area contributed by atoms with Gasteiger partial charge < -0.3 is 5.11 Å². The van der Waals surface area contributed by atoms with E-state index in [0.29, 0.717) is 6.04 Å². The average molecular weight is 393 g/mol. The first-order valence-corrected chi connectivity index (χ1v) is 10.3. The van der Waals surface area contributed by atoms with Gasteiger partial charge in [0.05, 0.1) is 6.54 Å². The molecule has 1 fully saturated rings. The van der Waals surface area contributed by atoms with E-state index in [-0.39, 0.29) is 6.54 Å². The van der Waals surface area contributed by atoms with Gasteiger partial charge in [0.25, 0.3) is 0 Å². The zero-order chi connectivity index (χ0) is 18.5. The van der Waals surface area contributed by atoms with Gasteiger partial charge in [-0.3, -0.25) is 14.6 Å². The maximum absolute atomic E-state index is 11.0. The van der Waals surface area contributed by atoms with Crippen LogP contribution in [-0.2, 0) is 11.3 Å². The molecule has 1 aliphatic rings. The van der Waals surface area contributed by atoms with E-state index in [4.69, 9.17) is 16.7 Å². The van der Waals surface area contributed by atoms with Gasteiger partial charge in [0.2, 0.25) is 0 Å². The summed E-state index contributed by atoms with van der Waals surface area (Å²) in [7, 11) is 0. The van der Waals surface area contributed by atoms with Gasteiger partial charge in [-0.25, -0.2) is 0 Å². The second-order valence-electron chi connectivity index (χ2n) is 6.71. The van der Waals surface area contributed by atoms with Crippen molar-refractivity contribution in [2.24, 2.45) is 0 Å². The van der Waals surface area contributed by atoms with E-state index in [2.05, 4.69) is 28.0 Å². The van der Waals surface area contributed by atoms with Crippen molar-refractivity contribution in [3.63, 3.8) is 0 Å². The first-order chi connectivity index (χ1) is 12.6. The van der Waals surface area contributed by atoms with Crippen molar-refractivity contribution in [3.05, 3.63) is 46.3 Å². The molecule has 0 amide bonds. The Hall–Kier alpha value is -1.40. The summed E-state index contributed by atoms with van der Waals surface area (Å²) in [6.45, 7) is 5.96. The van der Waals surface area contributed by atoms with Gasteiger partial charge in [-0.15, -0.1) is 11.3 Å². The number of piperidine rings is 1. The van der Waals surface area contributed by atoms with E-state index in [1.807, 2.05) is 25.1 Å². The fraction of sp³-hybridized carbons (Fsp3) is 0.450. The molecule has 6 heteroatoms. The lowest BCUT2D eigenvalue weighted by Gasteiger charge is -2.37. The summed E-state index contributed by atoms with van der Waals surface area (Å²) in [5.41, 5.74) is 1.09. The number of likely N-dealkylation sites (tertiary alicyclic amines) is 1. The van der Waals surface area contributed by atoms with Crippen molar-refractivity contribution in [1.29, 1.82) is 0 Å². The standard InChI is InChI=1S/C20H25ClN2O2S/c1-2-23(14-20(24)25)15-9-11-22(12-10-15)13-16-7-8-19(26-16)17-5-3-4-6-18(17)21/h3-8,15H,2,9-14H2,1H3,(H,24,25). The number of thiophene rings is 1. The second-order valence-corrected chi connectivity index (χ2v) is 8.29. The molecule has 0 aliphatic carbocycles. The highest BCUT2D eigenvalue weighted by molar-refractivity contribution is 7.15. The van der Waals surface area contributed by atoms with Crippen LogP contribution >= 0.6 is 22.9 Å². The molecule has 1 saturated heterocycles. The number of hydrogen-bond donors (Lipinski definition) is 1. The SMILES string of the molecule is CCN(CC(=O)O)C1CCN(Cc2ccc(-c3ccccc3Cl)s2)CC1. The minimum absolute atomic E-state index is 0.146. The third-order valence-electron chi connectivity index (χ3n) is 5.00. The molecule has 140 valence electrons. The fourth-order valence-corrected chi connectivity index (χ4v) is 4.99. The van der Waals surface area contributed by atoms with E-state index in [1.54, 1.807) is 11.3 Å². The Balaban J connectivity index is 1.55. The Labute approximate surface area is 164 Å². The minimum Gasteiger partial charge on any atom is -0.480 e. The van der Waals surface area contributed by atoms with Crippen molar-refractivity contribution in [2.75, 3.05) is 26.2 Å². The van der Waals surface area contributed by atoms with Gasteiger partial charge in [-0.2, -0.15) is 0 Å². The first-order valence-electron chi connectivity index (χ1n) is 9.08. The second kappa shape index (κ2) is 9.00. The smallest absolute Gasteiger partial charge is 0.317 e. The van der Waals surface area contributed by atoms with Gasteiger partial charge in [-0.05, 0) is 37.6 Å². The van der Waals surface area contributed by atoms with Crippen LogP contribution in [0, 0.1) is 0 Å². The monoisotopic (exact) mass is 392 g/mol. The Bertz CT molecular complexity index is 741. The lowest BCUT2D eigenvalue weighted by molar-refractivity contribution is -0.139. The molecule has 0 saturated carbocycles. The number of likely N-dealkylation sites (N-methyl/N-ethyl adjacent to an activating group) is 1. The first kappa shape index (κ1) is 19.4. The highest BCUT2D eigenvalue weighted by Gasteiger charge is 2.25. The predicted molar refractivity (Wildman–Crippen MR) is 108 cm³/mol. The number of carboxylic acids is 1. The van der Waals surface area contributed by atoms with Crippen LogP contribution in [0.15, 0.2) is 36.4 Å². The van der Waals surface area contributed by atoms with Crippen LogP contribution in [-0.4, -0.2) is 53.1 Å². The number of halogens is 1. The van der Waals surface area contributed by atoms with Crippen LogP contribution < -0.4 is 0 Å². The molecule has 4 nitrogen and oxygen atoms in total. The van der Waals surface area contributed by atoms with Crippen molar-refractivity contribution in [3.8, 4) is 10.4 Å². The normalized spacial score (nSPS) is 16.3. The summed E-state index contributed by atoms with van der Waals surface area (Å²) in [5.74, 6) is -0.736. The number of rotatable bonds is 7. The number of nitrogens with zero attached hydrogens (tertiary/aromatic N) is 2. The number of benzene rings is 1. The summed E-state index contributed by atoms with van der Waals surface area (Å²) < 4.78 is 0. The molecule has 3 rings (SSSR count). The zero-order valence-electron chi connectivity index (χ0n) is 15.0. The van der Waals surface area contributed by atoms with Crippen molar-refractivity contribution in [1.82, 2.24) is 9.80 Å². The molecule has 2 aromatic rings. The molecule has 26 heavy (non-hydrogen) atoms. The molecule has 0 radical (unpaired) electrons. The summed E-state index contributed by atoms with van der Waals surface area (Å²) in [4.78, 5) is 18.1. The van der Waals surface area contributed by atoms with Crippen molar-refractivity contribution < 1.29 is 9.90 Å². The maximum Gasteiger partial charge on any atom is 0.317 e. The van der Waals surface area contributed by atoms with E-state index in [9.17, 15) is 4.79 Å². The average Bonchev–Trinajstić information content (AvgIpc) is 3.09. The van der Waals surface area contributed by atoms with Crippen molar-refractivity contribution >= 4 is 28.9 Å². The highest BCUT2D eigenvalue weighted by atomic mass is 35.5. The molecule has 1 aromatic carbocycles. The Morgan fingerprint density at radius 2 is 2.00 bits per heavy atom. The summed E-state index contributed by atoms with van der Waals surface area (Å²) in [5, 5.41) is 9.84. The molecule has 0 bridgehead atoms.